The molecule has 1 aromatic rings. The number of halogens is 2. The Morgan fingerprint density at radius 2 is 2.18 bits per heavy atom. The molecule has 1 aliphatic rings. The number of nitrogens with zero attached hydrogens (tertiary/aromatic N) is 3. The van der Waals surface area contributed by atoms with Crippen molar-refractivity contribution in [2.24, 2.45) is 11.8 Å². The fourth-order valence-corrected chi connectivity index (χ4v) is 2.89. The molecule has 2 rings (SSSR count). The van der Waals surface area contributed by atoms with Gasteiger partial charge in [0.05, 0.1) is 6.54 Å². The molecule has 3 unspecified atom stereocenters. The molecule has 22 heavy (non-hydrogen) atoms. The van der Waals surface area contributed by atoms with Gasteiger partial charge < -0.3 is 10.2 Å². The number of hydrogen-bond donors (Lipinski definition) is 1. The van der Waals surface area contributed by atoms with E-state index in [0.717, 1.165) is 23.8 Å². The van der Waals surface area contributed by atoms with Crippen LogP contribution < -0.4 is 5.32 Å². The van der Waals surface area contributed by atoms with Crippen LogP contribution >= 0.6 is 0 Å². The van der Waals surface area contributed by atoms with Crippen molar-refractivity contribution < 1.29 is 13.6 Å². The molecule has 1 aromatic heterocycles. The van der Waals surface area contributed by atoms with Gasteiger partial charge in [0.15, 0.2) is 0 Å². The average molecular weight is 314 g/mol. The van der Waals surface area contributed by atoms with Gasteiger partial charge in [0, 0.05) is 25.5 Å². The predicted molar refractivity (Wildman–Crippen MR) is 79.4 cm³/mol. The molecule has 1 fully saturated rings. The molecule has 0 aromatic carbocycles. The lowest BCUT2D eigenvalue weighted by molar-refractivity contribution is 0.0650. The summed E-state index contributed by atoms with van der Waals surface area (Å²) in [6.07, 6.45) is 5.57. The summed E-state index contributed by atoms with van der Waals surface area (Å²) in [5, 5.41) is 2.99. The number of hydrogen-bond acceptors (Lipinski definition) is 2. The summed E-state index contributed by atoms with van der Waals surface area (Å²) in [7, 11) is 1.59. The van der Waals surface area contributed by atoms with Crippen LogP contribution in [0.25, 0.3) is 0 Å². The van der Waals surface area contributed by atoms with Crippen LogP contribution in [0.4, 0.5) is 13.6 Å². The van der Waals surface area contributed by atoms with Crippen molar-refractivity contribution in [3.8, 4) is 0 Å². The van der Waals surface area contributed by atoms with Crippen molar-refractivity contribution in [2.75, 3.05) is 7.05 Å². The van der Waals surface area contributed by atoms with Crippen LogP contribution in [0.5, 0.6) is 0 Å². The third-order valence-corrected chi connectivity index (χ3v) is 4.61. The lowest BCUT2D eigenvalue weighted by Crippen LogP contribution is -2.45. The van der Waals surface area contributed by atoms with E-state index in [1.807, 2.05) is 0 Å². The Kier molecular flexibility index (Phi) is 5.37. The first-order chi connectivity index (χ1) is 10.4. The molecule has 0 aliphatic heterocycles. The Labute approximate surface area is 129 Å². The van der Waals surface area contributed by atoms with E-state index in [-0.39, 0.29) is 24.4 Å². The van der Waals surface area contributed by atoms with Gasteiger partial charge in [-0.3, -0.25) is 4.57 Å². The highest BCUT2D eigenvalue weighted by Gasteiger charge is 2.26. The van der Waals surface area contributed by atoms with Gasteiger partial charge in [-0.1, -0.05) is 13.8 Å². The monoisotopic (exact) mass is 314 g/mol. The molecule has 3 atom stereocenters. The summed E-state index contributed by atoms with van der Waals surface area (Å²) in [5.41, 5.74) is 0. The van der Waals surface area contributed by atoms with Gasteiger partial charge in [0.25, 0.3) is 0 Å². The smallest absolute Gasteiger partial charge is 0.319 e. The van der Waals surface area contributed by atoms with Crippen LogP contribution in [0.1, 0.15) is 45.5 Å². The first-order valence-electron chi connectivity index (χ1n) is 7.70. The second-order valence-electron chi connectivity index (χ2n) is 6.30. The molecule has 0 spiro atoms. The van der Waals surface area contributed by atoms with Crippen LogP contribution in [0, 0.1) is 11.8 Å². The first-order valence-corrected chi connectivity index (χ1v) is 7.70. The third-order valence-electron chi connectivity index (χ3n) is 4.61. The summed E-state index contributed by atoms with van der Waals surface area (Å²) in [6, 6.07) is -0.0773. The topological polar surface area (TPSA) is 50.2 Å². The normalized spacial score (nSPS) is 25.3. The fraction of sp³-hybridized carbons (Fsp3) is 0.733. The van der Waals surface area contributed by atoms with Gasteiger partial charge >= 0.3 is 12.6 Å². The zero-order chi connectivity index (χ0) is 16.3. The van der Waals surface area contributed by atoms with Gasteiger partial charge in [0.2, 0.25) is 0 Å². The van der Waals surface area contributed by atoms with Crippen LogP contribution in [-0.2, 0) is 6.54 Å². The molecule has 5 nitrogen and oxygen atoms in total. The van der Waals surface area contributed by atoms with E-state index in [0.29, 0.717) is 11.8 Å². The Morgan fingerprint density at radius 3 is 2.82 bits per heavy atom. The summed E-state index contributed by atoms with van der Waals surface area (Å²) in [4.78, 5) is 17.5. The molecular weight excluding hydrogens is 290 g/mol. The summed E-state index contributed by atoms with van der Waals surface area (Å²) in [5.74, 6) is 1.45. The van der Waals surface area contributed by atoms with Gasteiger partial charge in [-0.05, 0) is 31.1 Å². The maximum Gasteiger partial charge on any atom is 0.319 e. The largest absolute Gasteiger partial charge is 0.335 e. The SMILES string of the molecule is CC1CCC(NC(=O)N(C)Cc2nccn2C(F)F)CC1C. The summed E-state index contributed by atoms with van der Waals surface area (Å²) in [6.45, 7) is 1.85. The number of nitrogens with one attached hydrogen (secondary N) is 1. The number of carbonyl (C=O) groups is 1. The molecule has 7 heteroatoms. The Balaban J connectivity index is 1.88. The van der Waals surface area contributed by atoms with Crippen LogP contribution in [0.2, 0.25) is 0 Å². The molecule has 0 saturated heterocycles. The van der Waals surface area contributed by atoms with E-state index in [4.69, 9.17) is 0 Å². The summed E-state index contributed by atoms with van der Waals surface area (Å²) < 4.78 is 26.3. The van der Waals surface area contributed by atoms with Crippen LogP contribution in [0.3, 0.4) is 0 Å². The molecule has 0 radical (unpaired) electrons. The molecule has 1 N–H and O–H groups in total. The first kappa shape index (κ1) is 16.7. The van der Waals surface area contributed by atoms with Gasteiger partial charge in [0.1, 0.15) is 5.82 Å². The lowest BCUT2D eigenvalue weighted by Gasteiger charge is -2.33. The second-order valence-corrected chi connectivity index (χ2v) is 6.30. The highest BCUT2D eigenvalue weighted by Crippen LogP contribution is 2.29. The molecule has 1 aliphatic carbocycles. The number of amides is 2. The van der Waals surface area contributed by atoms with Crippen molar-refractivity contribution >= 4 is 6.03 Å². The molecule has 2 amide bonds. The Hall–Kier alpha value is -1.66. The number of alkyl halides is 2. The maximum absolute atomic E-state index is 12.8. The van der Waals surface area contributed by atoms with Gasteiger partial charge in [-0.25, -0.2) is 9.78 Å². The predicted octanol–water partition coefficient (Wildman–Crippen LogP) is 3.24. The highest BCUT2D eigenvalue weighted by atomic mass is 19.3. The third kappa shape index (κ3) is 3.96. The number of urea groups is 1. The maximum atomic E-state index is 12.8. The highest BCUT2D eigenvalue weighted by molar-refractivity contribution is 5.74. The second kappa shape index (κ2) is 7.07. The van der Waals surface area contributed by atoms with Crippen molar-refractivity contribution in [3.63, 3.8) is 0 Å². The fourth-order valence-electron chi connectivity index (χ4n) is 2.89. The van der Waals surface area contributed by atoms with E-state index in [1.165, 1.54) is 17.3 Å². The quantitative estimate of drug-likeness (QED) is 0.927. The van der Waals surface area contributed by atoms with Crippen LogP contribution in [0.15, 0.2) is 12.4 Å². The number of aromatic nitrogens is 2. The average Bonchev–Trinajstić information content (AvgIpc) is 2.91. The van der Waals surface area contributed by atoms with E-state index in [9.17, 15) is 13.6 Å². The zero-order valence-electron chi connectivity index (χ0n) is 13.3. The molecule has 0 bridgehead atoms. The number of rotatable bonds is 4. The summed E-state index contributed by atoms with van der Waals surface area (Å²) >= 11 is 0. The molecule has 1 heterocycles. The number of carbonyl (C=O) groups excluding carboxylic acids is 1. The van der Waals surface area contributed by atoms with Gasteiger partial charge in [-0.2, -0.15) is 8.78 Å². The Morgan fingerprint density at radius 1 is 1.45 bits per heavy atom. The number of imidazole rings is 1. The molecule has 124 valence electrons. The minimum absolute atomic E-state index is 0.0574. The van der Waals surface area contributed by atoms with E-state index in [2.05, 4.69) is 24.1 Å². The lowest BCUT2D eigenvalue weighted by atomic mass is 9.79. The van der Waals surface area contributed by atoms with Crippen molar-refractivity contribution in [1.82, 2.24) is 19.8 Å². The standard InChI is InChI=1S/C15H24F2N4O/c1-10-4-5-12(8-11(10)2)19-15(22)20(3)9-13-18-6-7-21(13)14(16)17/h6-7,10-12,14H,4-5,8-9H2,1-3H3,(H,19,22). The zero-order valence-corrected chi connectivity index (χ0v) is 13.3. The van der Waals surface area contributed by atoms with Crippen molar-refractivity contribution in [1.29, 1.82) is 0 Å². The van der Waals surface area contributed by atoms with E-state index < -0.39 is 6.55 Å². The van der Waals surface area contributed by atoms with Gasteiger partial charge in [-0.15, -0.1) is 0 Å². The van der Waals surface area contributed by atoms with E-state index in [1.54, 1.807) is 7.05 Å². The van der Waals surface area contributed by atoms with Crippen molar-refractivity contribution in [3.05, 3.63) is 18.2 Å². The molecular formula is C15H24F2N4O. The van der Waals surface area contributed by atoms with Crippen molar-refractivity contribution in [2.45, 2.75) is 52.2 Å². The van der Waals surface area contributed by atoms with Crippen LogP contribution in [-0.4, -0.2) is 33.6 Å². The minimum atomic E-state index is -2.64. The van der Waals surface area contributed by atoms with E-state index >= 15 is 0 Å². The Bertz CT molecular complexity index is 505. The molecule has 1 saturated carbocycles. The minimum Gasteiger partial charge on any atom is -0.335 e.